The van der Waals surface area contributed by atoms with Crippen molar-refractivity contribution in [2.24, 2.45) is 5.73 Å². The Morgan fingerprint density at radius 2 is 1.95 bits per heavy atom. The van der Waals surface area contributed by atoms with E-state index in [1.807, 2.05) is 18.2 Å². The quantitative estimate of drug-likeness (QED) is 0.913. The molecule has 1 aromatic heterocycles. The van der Waals surface area contributed by atoms with Crippen molar-refractivity contribution < 1.29 is 0 Å². The minimum atomic E-state index is 0.384. The maximum atomic E-state index is 5.97. The molecule has 0 unspecified atom stereocenters. The number of hydrogen-bond donors (Lipinski definition) is 2. The SMILES string of the molecule is Cc1cc(CN2CCC(N)CC2)ccc1-c1cccc(N)n1. The molecule has 0 bridgehead atoms. The summed E-state index contributed by atoms with van der Waals surface area (Å²) >= 11 is 0. The number of aryl methyl sites for hydroxylation is 1. The minimum absolute atomic E-state index is 0.384. The summed E-state index contributed by atoms with van der Waals surface area (Å²) < 4.78 is 0. The zero-order valence-corrected chi connectivity index (χ0v) is 13.1. The first-order valence-electron chi connectivity index (χ1n) is 7.92. The number of benzene rings is 1. The lowest BCUT2D eigenvalue weighted by Crippen LogP contribution is -2.39. The van der Waals surface area contributed by atoms with Crippen LogP contribution in [0.15, 0.2) is 36.4 Å². The van der Waals surface area contributed by atoms with Gasteiger partial charge in [-0.25, -0.2) is 4.98 Å². The fourth-order valence-corrected chi connectivity index (χ4v) is 3.08. The van der Waals surface area contributed by atoms with Gasteiger partial charge in [0.1, 0.15) is 5.82 Å². The van der Waals surface area contributed by atoms with E-state index in [1.54, 1.807) is 0 Å². The number of aromatic nitrogens is 1. The van der Waals surface area contributed by atoms with Gasteiger partial charge in [-0.2, -0.15) is 0 Å². The average molecular weight is 296 g/mol. The number of piperidine rings is 1. The molecule has 116 valence electrons. The maximum Gasteiger partial charge on any atom is 0.124 e. The van der Waals surface area contributed by atoms with Crippen LogP contribution in [-0.4, -0.2) is 29.0 Å². The van der Waals surface area contributed by atoms with Crippen LogP contribution in [0.5, 0.6) is 0 Å². The van der Waals surface area contributed by atoms with Crippen LogP contribution in [0.2, 0.25) is 0 Å². The van der Waals surface area contributed by atoms with Crippen LogP contribution in [0.3, 0.4) is 0 Å². The molecule has 1 fully saturated rings. The zero-order valence-electron chi connectivity index (χ0n) is 13.1. The molecule has 4 heteroatoms. The maximum absolute atomic E-state index is 5.97. The third kappa shape index (κ3) is 3.46. The van der Waals surface area contributed by atoms with Crippen molar-refractivity contribution in [2.75, 3.05) is 18.8 Å². The lowest BCUT2D eigenvalue weighted by atomic mass is 10.0. The second-order valence-corrected chi connectivity index (χ2v) is 6.21. The third-order valence-corrected chi connectivity index (χ3v) is 4.38. The van der Waals surface area contributed by atoms with E-state index in [1.165, 1.54) is 11.1 Å². The monoisotopic (exact) mass is 296 g/mol. The summed E-state index contributed by atoms with van der Waals surface area (Å²) in [5.41, 5.74) is 16.4. The Bertz CT molecular complexity index is 645. The number of rotatable bonds is 3. The summed E-state index contributed by atoms with van der Waals surface area (Å²) in [4.78, 5) is 6.89. The highest BCUT2D eigenvalue weighted by Gasteiger charge is 2.16. The van der Waals surface area contributed by atoms with Gasteiger partial charge in [0, 0.05) is 18.2 Å². The summed E-state index contributed by atoms with van der Waals surface area (Å²) in [6, 6.07) is 12.8. The number of nitrogen functional groups attached to an aromatic ring is 1. The van der Waals surface area contributed by atoms with Gasteiger partial charge in [-0.05, 0) is 56.1 Å². The van der Waals surface area contributed by atoms with Crippen LogP contribution in [-0.2, 0) is 6.54 Å². The number of hydrogen-bond acceptors (Lipinski definition) is 4. The molecular weight excluding hydrogens is 272 g/mol. The largest absolute Gasteiger partial charge is 0.384 e. The molecule has 22 heavy (non-hydrogen) atoms. The molecule has 1 aliphatic rings. The van der Waals surface area contributed by atoms with Gasteiger partial charge in [-0.15, -0.1) is 0 Å². The predicted octanol–water partition coefficient (Wildman–Crippen LogP) is 2.56. The van der Waals surface area contributed by atoms with Crippen molar-refractivity contribution >= 4 is 5.82 Å². The van der Waals surface area contributed by atoms with Crippen molar-refractivity contribution in [1.29, 1.82) is 0 Å². The van der Waals surface area contributed by atoms with Gasteiger partial charge in [-0.3, -0.25) is 4.90 Å². The molecule has 2 heterocycles. The zero-order chi connectivity index (χ0) is 15.5. The van der Waals surface area contributed by atoms with Gasteiger partial charge in [0.05, 0.1) is 5.69 Å². The van der Waals surface area contributed by atoms with Gasteiger partial charge < -0.3 is 11.5 Å². The van der Waals surface area contributed by atoms with Crippen LogP contribution in [0.4, 0.5) is 5.82 Å². The van der Waals surface area contributed by atoms with E-state index in [-0.39, 0.29) is 0 Å². The molecule has 0 amide bonds. The van der Waals surface area contributed by atoms with Crippen molar-refractivity contribution in [1.82, 2.24) is 9.88 Å². The molecule has 2 aromatic rings. The molecule has 0 spiro atoms. The Hall–Kier alpha value is -1.91. The Kier molecular flexibility index (Phi) is 4.41. The number of likely N-dealkylation sites (tertiary alicyclic amines) is 1. The highest BCUT2D eigenvalue weighted by Crippen LogP contribution is 2.24. The van der Waals surface area contributed by atoms with Gasteiger partial charge in [0.25, 0.3) is 0 Å². The van der Waals surface area contributed by atoms with E-state index in [4.69, 9.17) is 11.5 Å². The van der Waals surface area contributed by atoms with E-state index < -0.39 is 0 Å². The van der Waals surface area contributed by atoms with E-state index in [2.05, 4.69) is 35.0 Å². The summed E-state index contributed by atoms with van der Waals surface area (Å²) in [5, 5.41) is 0. The third-order valence-electron chi connectivity index (χ3n) is 4.38. The molecule has 1 aliphatic heterocycles. The van der Waals surface area contributed by atoms with Crippen LogP contribution in [0.25, 0.3) is 11.3 Å². The van der Waals surface area contributed by atoms with Crippen molar-refractivity contribution in [2.45, 2.75) is 32.4 Å². The van der Waals surface area contributed by atoms with Crippen molar-refractivity contribution in [3.63, 3.8) is 0 Å². The minimum Gasteiger partial charge on any atom is -0.384 e. The Morgan fingerprint density at radius 1 is 1.18 bits per heavy atom. The summed E-state index contributed by atoms with van der Waals surface area (Å²) in [7, 11) is 0. The topological polar surface area (TPSA) is 68.2 Å². The molecule has 0 atom stereocenters. The highest BCUT2D eigenvalue weighted by molar-refractivity contribution is 5.65. The number of pyridine rings is 1. The van der Waals surface area contributed by atoms with E-state index in [0.717, 1.165) is 43.7 Å². The molecule has 1 saturated heterocycles. The molecule has 0 saturated carbocycles. The van der Waals surface area contributed by atoms with Crippen molar-refractivity contribution in [3.05, 3.63) is 47.5 Å². The number of nitrogens with zero attached hydrogens (tertiary/aromatic N) is 2. The van der Waals surface area contributed by atoms with Gasteiger partial charge in [-0.1, -0.05) is 24.3 Å². The highest BCUT2D eigenvalue weighted by atomic mass is 15.1. The lowest BCUT2D eigenvalue weighted by Gasteiger charge is -2.30. The first kappa shape index (κ1) is 15.0. The van der Waals surface area contributed by atoms with Crippen molar-refractivity contribution in [3.8, 4) is 11.3 Å². The van der Waals surface area contributed by atoms with E-state index >= 15 is 0 Å². The van der Waals surface area contributed by atoms with Gasteiger partial charge in [0.15, 0.2) is 0 Å². The van der Waals surface area contributed by atoms with E-state index in [9.17, 15) is 0 Å². The Morgan fingerprint density at radius 3 is 2.64 bits per heavy atom. The summed E-state index contributed by atoms with van der Waals surface area (Å²) in [6.07, 6.45) is 2.20. The van der Waals surface area contributed by atoms with Gasteiger partial charge >= 0.3 is 0 Å². The smallest absolute Gasteiger partial charge is 0.124 e. The summed E-state index contributed by atoms with van der Waals surface area (Å²) in [6.45, 7) is 5.32. The summed E-state index contributed by atoms with van der Waals surface area (Å²) in [5.74, 6) is 0.561. The fourth-order valence-electron chi connectivity index (χ4n) is 3.08. The number of nitrogens with two attached hydrogens (primary N) is 2. The molecule has 0 radical (unpaired) electrons. The molecule has 3 rings (SSSR count). The normalized spacial score (nSPS) is 16.8. The fraction of sp³-hybridized carbons (Fsp3) is 0.389. The Labute approximate surface area is 132 Å². The number of anilines is 1. The molecule has 4 N–H and O–H groups in total. The predicted molar refractivity (Wildman–Crippen MR) is 91.3 cm³/mol. The molecule has 1 aromatic carbocycles. The van der Waals surface area contributed by atoms with Crippen LogP contribution in [0, 0.1) is 6.92 Å². The van der Waals surface area contributed by atoms with Gasteiger partial charge in [0.2, 0.25) is 0 Å². The first-order chi connectivity index (χ1) is 10.6. The standard InChI is InChI=1S/C18H24N4/c1-13-11-14(12-22-9-7-15(19)8-10-22)5-6-16(13)17-3-2-4-18(20)21-17/h2-6,11,15H,7-10,12,19H2,1H3,(H2,20,21). The average Bonchev–Trinajstić information content (AvgIpc) is 2.50. The second kappa shape index (κ2) is 6.46. The Balaban J connectivity index is 1.75. The first-order valence-corrected chi connectivity index (χ1v) is 7.92. The molecule has 4 nitrogen and oxygen atoms in total. The lowest BCUT2D eigenvalue weighted by molar-refractivity contribution is 0.205. The molecular formula is C18H24N4. The van der Waals surface area contributed by atoms with Crippen LogP contribution >= 0.6 is 0 Å². The second-order valence-electron chi connectivity index (χ2n) is 6.21. The molecule has 0 aliphatic carbocycles. The van der Waals surface area contributed by atoms with E-state index in [0.29, 0.717) is 11.9 Å². The van der Waals surface area contributed by atoms with Crippen LogP contribution < -0.4 is 11.5 Å². The van der Waals surface area contributed by atoms with Crippen LogP contribution in [0.1, 0.15) is 24.0 Å².